The van der Waals surface area contributed by atoms with Crippen molar-refractivity contribution in [2.24, 2.45) is 11.7 Å². The van der Waals surface area contributed by atoms with Gasteiger partial charge in [0.25, 0.3) is 5.56 Å². The standard InChI is InChI=1S/C24H28ClN5O6/c1-11(2)17(26)21(32)33-10-16-19-24(3,36-22(35-19)12-4-6-13(25)7-5-12)18(34-16)14-8-9-15-20(31)28-23(27)29-30(14)15/h4-9,11,16-19,22H,10,26H2,1-3H3,(H3,27,28,29,31)/t16-,17?,18+,19-,22?,24+/m1/s1. The van der Waals surface area contributed by atoms with Gasteiger partial charge < -0.3 is 30.4 Å². The lowest BCUT2D eigenvalue weighted by atomic mass is 9.91. The number of aromatic amines is 1. The second kappa shape index (κ2) is 9.16. The number of rotatable bonds is 6. The number of hydrogen-bond acceptors (Lipinski definition) is 9. The molecule has 2 unspecified atom stereocenters. The van der Waals surface area contributed by atoms with E-state index in [1.165, 1.54) is 4.52 Å². The number of H-pyrrole nitrogens is 1. The number of nitrogens with two attached hydrogens (primary N) is 2. The van der Waals surface area contributed by atoms with Crippen LogP contribution in [0.1, 0.15) is 44.4 Å². The monoisotopic (exact) mass is 517 g/mol. The number of aromatic nitrogens is 3. The summed E-state index contributed by atoms with van der Waals surface area (Å²) < 4.78 is 26.1. The molecule has 2 fully saturated rings. The minimum absolute atomic E-state index is 0.0413. The first-order valence-corrected chi connectivity index (χ1v) is 12.0. The smallest absolute Gasteiger partial charge is 0.323 e. The Kier molecular flexibility index (Phi) is 6.29. The molecule has 1 aromatic carbocycles. The molecule has 0 amide bonds. The Bertz CT molecular complexity index is 1340. The minimum Gasteiger partial charge on any atom is -0.462 e. The van der Waals surface area contributed by atoms with Gasteiger partial charge in [-0.05, 0) is 37.1 Å². The quantitative estimate of drug-likeness (QED) is 0.416. The fraction of sp³-hybridized carbons (Fsp3) is 0.458. The fourth-order valence-corrected chi connectivity index (χ4v) is 4.80. The molecule has 0 radical (unpaired) electrons. The lowest BCUT2D eigenvalue weighted by Gasteiger charge is -2.27. The van der Waals surface area contributed by atoms with E-state index in [1.54, 1.807) is 24.3 Å². The van der Waals surface area contributed by atoms with Gasteiger partial charge in [-0.1, -0.05) is 37.6 Å². The molecule has 0 bridgehead atoms. The van der Waals surface area contributed by atoms with Gasteiger partial charge in [0.1, 0.15) is 42.1 Å². The highest BCUT2D eigenvalue weighted by Gasteiger charge is 2.63. The number of nitrogen functional groups attached to an aromatic ring is 1. The summed E-state index contributed by atoms with van der Waals surface area (Å²) in [5.74, 6) is -0.650. The van der Waals surface area contributed by atoms with Crippen LogP contribution in [-0.2, 0) is 23.7 Å². The van der Waals surface area contributed by atoms with E-state index in [0.29, 0.717) is 16.2 Å². The van der Waals surface area contributed by atoms with Gasteiger partial charge in [-0.15, -0.1) is 5.10 Å². The van der Waals surface area contributed by atoms with Crippen LogP contribution in [0.5, 0.6) is 0 Å². The van der Waals surface area contributed by atoms with Crippen molar-refractivity contribution >= 4 is 29.0 Å². The summed E-state index contributed by atoms with van der Waals surface area (Å²) in [5, 5.41) is 4.85. The van der Waals surface area contributed by atoms with E-state index in [1.807, 2.05) is 32.9 Å². The summed E-state index contributed by atoms with van der Waals surface area (Å²) in [6, 6.07) is 9.73. The van der Waals surface area contributed by atoms with E-state index in [2.05, 4.69) is 10.1 Å². The number of carbonyl (C=O) groups excluding carboxylic acids is 1. The molecular formula is C24H28ClN5O6. The molecule has 2 saturated heterocycles. The molecule has 5 N–H and O–H groups in total. The first-order valence-electron chi connectivity index (χ1n) is 11.6. The lowest BCUT2D eigenvalue weighted by molar-refractivity contribution is -0.168. The van der Waals surface area contributed by atoms with Crippen molar-refractivity contribution in [3.8, 4) is 0 Å². The molecule has 2 aromatic heterocycles. The van der Waals surface area contributed by atoms with Crippen molar-refractivity contribution < 1.29 is 23.7 Å². The summed E-state index contributed by atoms with van der Waals surface area (Å²) in [5.41, 5.74) is 12.0. The van der Waals surface area contributed by atoms with E-state index in [-0.39, 0.29) is 24.0 Å². The molecule has 2 aliphatic heterocycles. The summed E-state index contributed by atoms with van der Waals surface area (Å²) in [6.45, 7) is 5.45. The highest BCUT2D eigenvalue weighted by atomic mass is 35.5. The number of fused-ring (bicyclic) bond motifs is 2. The predicted molar refractivity (Wildman–Crippen MR) is 130 cm³/mol. The average Bonchev–Trinajstić information content (AvgIpc) is 3.47. The zero-order valence-electron chi connectivity index (χ0n) is 20.0. The molecule has 192 valence electrons. The van der Waals surface area contributed by atoms with E-state index < -0.39 is 42.2 Å². The average molecular weight is 518 g/mol. The van der Waals surface area contributed by atoms with E-state index in [0.717, 1.165) is 5.56 Å². The van der Waals surface area contributed by atoms with Crippen LogP contribution < -0.4 is 17.0 Å². The van der Waals surface area contributed by atoms with Crippen molar-refractivity contribution in [1.29, 1.82) is 0 Å². The van der Waals surface area contributed by atoms with Gasteiger partial charge in [-0.25, -0.2) is 4.52 Å². The Balaban J connectivity index is 1.49. The lowest BCUT2D eigenvalue weighted by Crippen LogP contribution is -2.42. The van der Waals surface area contributed by atoms with Gasteiger partial charge in [-0.2, -0.15) is 0 Å². The summed E-state index contributed by atoms with van der Waals surface area (Å²) in [7, 11) is 0. The maximum atomic E-state index is 12.4. The van der Waals surface area contributed by atoms with E-state index >= 15 is 0 Å². The summed E-state index contributed by atoms with van der Waals surface area (Å²) in [4.78, 5) is 27.3. The van der Waals surface area contributed by atoms with Crippen LogP contribution in [0.15, 0.2) is 41.2 Å². The third-order valence-corrected chi connectivity index (χ3v) is 6.97. The number of esters is 1. The number of halogens is 1. The van der Waals surface area contributed by atoms with Gasteiger partial charge in [0.2, 0.25) is 5.95 Å². The Morgan fingerprint density at radius 2 is 1.97 bits per heavy atom. The number of nitrogens with one attached hydrogen (secondary N) is 1. The number of hydrogen-bond donors (Lipinski definition) is 3. The van der Waals surface area contributed by atoms with Crippen LogP contribution in [0.4, 0.5) is 5.95 Å². The molecule has 0 spiro atoms. The molecule has 5 rings (SSSR count). The molecular weight excluding hydrogens is 490 g/mol. The zero-order valence-corrected chi connectivity index (χ0v) is 20.8. The Morgan fingerprint density at radius 1 is 1.25 bits per heavy atom. The van der Waals surface area contributed by atoms with Crippen molar-refractivity contribution in [2.45, 2.75) is 57.0 Å². The maximum absolute atomic E-state index is 12.4. The van der Waals surface area contributed by atoms with Crippen LogP contribution in [0.2, 0.25) is 5.02 Å². The maximum Gasteiger partial charge on any atom is 0.323 e. The van der Waals surface area contributed by atoms with Crippen molar-refractivity contribution in [1.82, 2.24) is 14.6 Å². The number of benzene rings is 1. The molecule has 0 saturated carbocycles. The van der Waals surface area contributed by atoms with Gasteiger partial charge in [0.15, 0.2) is 6.29 Å². The molecule has 6 atom stereocenters. The Morgan fingerprint density at radius 3 is 2.67 bits per heavy atom. The first-order chi connectivity index (χ1) is 17.1. The largest absolute Gasteiger partial charge is 0.462 e. The van der Waals surface area contributed by atoms with Crippen LogP contribution in [0.25, 0.3) is 5.52 Å². The highest BCUT2D eigenvalue weighted by Crippen LogP contribution is 2.53. The van der Waals surface area contributed by atoms with Crippen LogP contribution in [-0.4, -0.2) is 51.0 Å². The minimum atomic E-state index is -1.02. The summed E-state index contributed by atoms with van der Waals surface area (Å²) in [6.07, 6.45) is -2.73. The number of carbonyl (C=O) groups is 1. The molecule has 12 heteroatoms. The SMILES string of the molecule is CC(C)C(N)C(=O)OC[C@H]1O[C@@H](c2ccc3c(=O)[nH]c(N)nn23)[C@]2(C)OC(c3ccc(Cl)cc3)O[C@H]12. The summed E-state index contributed by atoms with van der Waals surface area (Å²) >= 11 is 6.05. The van der Waals surface area contributed by atoms with Gasteiger partial charge in [0.05, 0.1) is 5.69 Å². The highest BCUT2D eigenvalue weighted by molar-refractivity contribution is 6.30. The molecule has 11 nitrogen and oxygen atoms in total. The second-order valence-electron chi connectivity index (χ2n) is 9.59. The number of ether oxygens (including phenoxy) is 4. The van der Waals surface area contributed by atoms with Gasteiger partial charge >= 0.3 is 5.97 Å². The van der Waals surface area contributed by atoms with Crippen molar-refractivity contribution in [3.63, 3.8) is 0 Å². The molecule has 2 aliphatic rings. The Labute approximate surface area is 211 Å². The van der Waals surface area contributed by atoms with Crippen molar-refractivity contribution in [3.05, 3.63) is 63.0 Å². The number of anilines is 1. The van der Waals surface area contributed by atoms with Crippen LogP contribution >= 0.6 is 11.6 Å². The molecule has 36 heavy (non-hydrogen) atoms. The molecule has 4 heterocycles. The third-order valence-electron chi connectivity index (χ3n) is 6.72. The molecule has 0 aliphatic carbocycles. The Hall–Kier alpha value is -2.96. The fourth-order valence-electron chi connectivity index (χ4n) is 4.67. The molecule has 3 aromatic rings. The third kappa shape index (κ3) is 4.16. The zero-order chi connectivity index (χ0) is 25.8. The topological polar surface area (TPSA) is 156 Å². The normalized spacial score (nSPS) is 28.5. The first kappa shape index (κ1) is 24.7. The predicted octanol–water partition coefficient (Wildman–Crippen LogP) is 2.10. The van der Waals surface area contributed by atoms with Gasteiger partial charge in [-0.3, -0.25) is 14.6 Å². The van der Waals surface area contributed by atoms with Crippen molar-refractivity contribution in [2.75, 3.05) is 12.3 Å². The number of nitrogens with zero attached hydrogens (tertiary/aromatic N) is 2. The van der Waals surface area contributed by atoms with E-state index in [4.69, 9.17) is 42.0 Å². The van der Waals surface area contributed by atoms with E-state index in [9.17, 15) is 9.59 Å². The van der Waals surface area contributed by atoms with Crippen LogP contribution in [0, 0.1) is 5.92 Å². The second-order valence-corrected chi connectivity index (χ2v) is 10.0. The van der Waals surface area contributed by atoms with Crippen LogP contribution in [0.3, 0.4) is 0 Å². The van der Waals surface area contributed by atoms with Gasteiger partial charge in [0, 0.05) is 10.6 Å².